The minimum absolute atomic E-state index is 0.0310. The van der Waals surface area contributed by atoms with Crippen LogP contribution < -0.4 is 5.32 Å². The van der Waals surface area contributed by atoms with Gasteiger partial charge in [-0.15, -0.1) is 0 Å². The van der Waals surface area contributed by atoms with Crippen molar-refractivity contribution in [3.8, 4) is 11.5 Å². The van der Waals surface area contributed by atoms with E-state index in [1.165, 1.54) is 25.1 Å². The lowest BCUT2D eigenvalue weighted by Gasteiger charge is -2.26. The molecule has 0 aromatic heterocycles. The quantitative estimate of drug-likeness (QED) is 0.605. The van der Waals surface area contributed by atoms with Crippen molar-refractivity contribution in [3.63, 3.8) is 0 Å². The van der Waals surface area contributed by atoms with E-state index in [1.807, 2.05) is 6.07 Å². The molecule has 0 aliphatic heterocycles. The largest absolute Gasteiger partial charge is 0.504 e. The number of benzene rings is 2. The summed E-state index contributed by atoms with van der Waals surface area (Å²) in [5.74, 6) is -2.22. The topological polar surface area (TPSA) is 107 Å². The van der Waals surface area contributed by atoms with Gasteiger partial charge in [0.2, 0.25) is 5.91 Å². The van der Waals surface area contributed by atoms with Crippen molar-refractivity contribution in [2.75, 3.05) is 0 Å². The number of hydrogen-bond acceptors (Lipinski definition) is 4. The van der Waals surface area contributed by atoms with Gasteiger partial charge in [0.25, 0.3) is 0 Å². The van der Waals surface area contributed by atoms with E-state index in [1.54, 1.807) is 24.3 Å². The molecule has 0 unspecified atom stereocenters. The summed E-state index contributed by atoms with van der Waals surface area (Å²) in [6.07, 6.45) is 0.0429. The predicted molar refractivity (Wildman–Crippen MR) is 87.8 cm³/mol. The second-order valence-corrected chi connectivity index (χ2v) is 5.85. The van der Waals surface area contributed by atoms with Crippen LogP contribution >= 0.6 is 0 Å². The van der Waals surface area contributed by atoms with Crippen LogP contribution in [0.4, 0.5) is 0 Å². The normalized spacial score (nSPS) is 13.0. The van der Waals surface area contributed by atoms with Crippen molar-refractivity contribution >= 4 is 11.9 Å². The average Bonchev–Trinajstić information content (AvgIpc) is 2.51. The minimum Gasteiger partial charge on any atom is -0.504 e. The number of phenols is 2. The van der Waals surface area contributed by atoms with Crippen LogP contribution in [-0.2, 0) is 22.4 Å². The molecule has 2 aromatic rings. The van der Waals surface area contributed by atoms with Crippen molar-refractivity contribution in [1.82, 2.24) is 5.32 Å². The molecule has 1 atom stereocenters. The van der Waals surface area contributed by atoms with Gasteiger partial charge in [0.05, 0.1) is 6.42 Å². The summed E-state index contributed by atoms with van der Waals surface area (Å²) in [7, 11) is 0. The Morgan fingerprint density at radius 2 is 1.67 bits per heavy atom. The molecule has 0 spiro atoms. The van der Waals surface area contributed by atoms with E-state index in [0.717, 1.165) is 5.56 Å². The van der Waals surface area contributed by atoms with E-state index < -0.39 is 17.4 Å². The van der Waals surface area contributed by atoms with Crippen LogP contribution in [0.2, 0.25) is 0 Å². The lowest BCUT2D eigenvalue weighted by Crippen LogP contribution is -2.54. The summed E-state index contributed by atoms with van der Waals surface area (Å²) < 4.78 is 0. The van der Waals surface area contributed by atoms with Gasteiger partial charge in [0, 0.05) is 6.42 Å². The summed E-state index contributed by atoms with van der Waals surface area (Å²) in [6, 6.07) is 13.1. The summed E-state index contributed by atoms with van der Waals surface area (Å²) in [5.41, 5.74) is -0.268. The van der Waals surface area contributed by atoms with Gasteiger partial charge < -0.3 is 20.6 Å². The molecule has 6 nitrogen and oxygen atoms in total. The van der Waals surface area contributed by atoms with E-state index in [2.05, 4.69) is 5.32 Å². The molecule has 0 aliphatic rings. The molecule has 0 bridgehead atoms. The SMILES string of the molecule is C[C@@](Cc1ccc(O)c(O)c1)(NC(=O)Cc1ccccc1)C(=O)O. The maximum atomic E-state index is 12.2. The average molecular weight is 329 g/mol. The summed E-state index contributed by atoms with van der Waals surface area (Å²) in [4.78, 5) is 23.8. The molecular weight excluding hydrogens is 310 g/mol. The number of nitrogens with one attached hydrogen (secondary N) is 1. The third kappa shape index (κ3) is 4.25. The number of aliphatic carboxylic acids is 1. The molecule has 1 amide bonds. The number of hydrogen-bond donors (Lipinski definition) is 4. The van der Waals surface area contributed by atoms with Crippen LogP contribution in [0, 0.1) is 0 Å². The van der Waals surface area contributed by atoms with Crippen molar-refractivity contribution in [2.45, 2.75) is 25.3 Å². The Labute approximate surface area is 139 Å². The van der Waals surface area contributed by atoms with Crippen molar-refractivity contribution in [3.05, 3.63) is 59.7 Å². The summed E-state index contributed by atoms with van der Waals surface area (Å²) in [6.45, 7) is 1.40. The highest BCUT2D eigenvalue weighted by molar-refractivity contribution is 5.88. The Balaban J connectivity index is 2.13. The molecule has 4 N–H and O–H groups in total. The molecule has 0 saturated carbocycles. The molecule has 0 fully saturated rings. The van der Waals surface area contributed by atoms with Gasteiger partial charge in [-0.25, -0.2) is 4.79 Å². The number of carboxylic acid groups (broad SMARTS) is 1. The van der Waals surface area contributed by atoms with Gasteiger partial charge in [-0.1, -0.05) is 36.4 Å². The molecule has 0 heterocycles. The van der Waals surface area contributed by atoms with Crippen molar-refractivity contribution < 1.29 is 24.9 Å². The maximum Gasteiger partial charge on any atom is 0.329 e. The highest BCUT2D eigenvalue weighted by atomic mass is 16.4. The fourth-order valence-corrected chi connectivity index (χ4v) is 2.39. The number of carboxylic acids is 1. The number of carbonyl (C=O) groups is 2. The molecule has 24 heavy (non-hydrogen) atoms. The first kappa shape index (κ1) is 17.3. The molecule has 0 aliphatic carbocycles. The Hall–Kier alpha value is -3.02. The zero-order chi connectivity index (χ0) is 17.7. The molecule has 0 radical (unpaired) electrons. The Bertz CT molecular complexity index is 744. The van der Waals surface area contributed by atoms with E-state index in [9.17, 15) is 24.9 Å². The van der Waals surface area contributed by atoms with Crippen LogP contribution in [0.25, 0.3) is 0 Å². The number of rotatable bonds is 6. The fraction of sp³-hybridized carbons (Fsp3) is 0.222. The Kier molecular flexibility index (Phi) is 5.08. The first-order valence-corrected chi connectivity index (χ1v) is 7.39. The molecule has 126 valence electrons. The second-order valence-electron chi connectivity index (χ2n) is 5.85. The van der Waals surface area contributed by atoms with Gasteiger partial charge in [0.1, 0.15) is 5.54 Å². The Morgan fingerprint density at radius 3 is 2.25 bits per heavy atom. The smallest absolute Gasteiger partial charge is 0.329 e. The van der Waals surface area contributed by atoms with Gasteiger partial charge in [-0.2, -0.15) is 0 Å². The maximum absolute atomic E-state index is 12.2. The van der Waals surface area contributed by atoms with Crippen LogP contribution in [0.3, 0.4) is 0 Å². The van der Waals surface area contributed by atoms with Crippen molar-refractivity contribution in [1.29, 1.82) is 0 Å². The number of phenolic OH excluding ortho intramolecular Hbond substituents is 2. The number of aromatic hydroxyl groups is 2. The van der Waals surface area contributed by atoms with E-state index >= 15 is 0 Å². The molecular formula is C18H19NO5. The second kappa shape index (κ2) is 7.04. The monoisotopic (exact) mass is 329 g/mol. The summed E-state index contributed by atoms with van der Waals surface area (Å²) in [5, 5.41) is 30.9. The number of amides is 1. The standard InChI is InChI=1S/C18H19NO5/c1-18(17(23)24,11-13-7-8-14(20)15(21)9-13)19-16(22)10-12-5-3-2-4-6-12/h2-9,20-21H,10-11H2,1H3,(H,19,22)(H,23,24)/t18-/m0/s1. The third-order valence-electron chi connectivity index (χ3n) is 3.69. The van der Waals surface area contributed by atoms with E-state index in [0.29, 0.717) is 5.56 Å². The highest BCUT2D eigenvalue weighted by Gasteiger charge is 2.35. The molecule has 2 aromatic carbocycles. The van der Waals surface area contributed by atoms with Gasteiger partial charge in [-0.05, 0) is 30.2 Å². The third-order valence-corrected chi connectivity index (χ3v) is 3.69. The fourth-order valence-electron chi connectivity index (χ4n) is 2.39. The minimum atomic E-state index is -1.53. The molecule has 0 saturated heterocycles. The van der Waals surface area contributed by atoms with E-state index in [4.69, 9.17) is 0 Å². The molecule has 2 rings (SSSR count). The summed E-state index contributed by atoms with van der Waals surface area (Å²) >= 11 is 0. The zero-order valence-electron chi connectivity index (χ0n) is 13.2. The molecule has 6 heteroatoms. The van der Waals surface area contributed by atoms with Crippen LogP contribution in [0.1, 0.15) is 18.1 Å². The van der Waals surface area contributed by atoms with Crippen molar-refractivity contribution in [2.24, 2.45) is 0 Å². The Morgan fingerprint density at radius 1 is 1.00 bits per heavy atom. The van der Waals surface area contributed by atoms with Gasteiger partial charge in [0.15, 0.2) is 11.5 Å². The first-order chi connectivity index (χ1) is 11.3. The zero-order valence-corrected chi connectivity index (χ0v) is 13.2. The van der Waals surface area contributed by atoms with Crippen LogP contribution in [0.15, 0.2) is 48.5 Å². The highest BCUT2D eigenvalue weighted by Crippen LogP contribution is 2.27. The predicted octanol–water partition coefficient (Wildman–Crippen LogP) is 1.84. The first-order valence-electron chi connectivity index (χ1n) is 7.39. The lowest BCUT2D eigenvalue weighted by atomic mass is 9.92. The van der Waals surface area contributed by atoms with Crippen LogP contribution in [0.5, 0.6) is 11.5 Å². The van der Waals surface area contributed by atoms with Gasteiger partial charge >= 0.3 is 5.97 Å². The number of carbonyl (C=O) groups excluding carboxylic acids is 1. The lowest BCUT2D eigenvalue weighted by molar-refractivity contribution is -0.146. The van der Waals surface area contributed by atoms with Crippen LogP contribution in [-0.4, -0.2) is 32.7 Å². The van der Waals surface area contributed by atoms with E-state index in [-0.39, 0.29) is 24.3 Å². The van der Waals surface area contributed by atoms with Gasteiger partial charge in [-0.3, -0.25) is 4.79 Å².